The Morgan fingerprint density at radius 2 is 1.26 bits per heavy atom. The van der Waals surface area contributed by atoms with Gasteiger partial charge in [0.2, 0.25) is 0 Å². The molecule has 0 aliphatic rings. The molecule has 35 heavy (non-hydrogen) atoms. The lowest BCUT2D eigenvalue weighted by atomic mass is 9.93. The zero-order valence-corrected chi connectivity index (χ0v) is 19.6. The predicted octanol–water partition coefficient (Wildman–Crippen LogP) is 5.39. The van der Waals surface area contributed by atoms with E-state index in [2.05, 4.69) is 11.3 Å². The number of aliphatic hydroxyl groups excluding tert-OH is 2. The van der Waals surface area contributed by atoms with Gasteiger partial charge in [-0.25, -0.2) is 4.79 Å². The van der Waals surface area contributed by atoms with Crippen molar-refractivity contribution in [1.29, 1.82) is 0 Å². The molecule has 0 unspecified atom stereocenters. The maximum atomic E-state index is 13.9. The van der Waals surface area contributed by atoms with Crippen LogP contribution in [-0.4, -0.2) is 72.9 Å². The van der Waals surface area contributed by atoms with E-state index in [4.69, 9.17) is 14.9 Å². The van der Waals surface area contributed by atoms with E-state index in [0.29, 0.717) is 6.42 Å². The van der Waals surface area contributed by atoms with E-state index >= 15 is 0 Å². The van der Waals surface area contributed by atoms with Crippen LogP contribution in [0.25, 0.3) is 0 Å². The van der Waals surface area contributed by atoms with Gasteiger partial charge in [-0.05, 0) is 25.7 Å². The number of hydrogen-bond donors (Lipinski definition) is 2. The Labute approximate surface area is 199 Å². The van der Waals surface area contributed by atoms with Crippen molar-refractivity contribution in [3.8, 4) is 0 Å². The Hall–Kier alpha value is -1.47. The summed E-state index contributed by atoms with van der Waals surface area (Å²) >= 11 is 0. The zero-order chi connectivity index (χ0) is 27.3. The van der Waals surface area contributed by atoms with Crippen LogP contribution in [-0.2, 0) is 14.3 Å². The van der Waals surface area contributed by atoms with Crippen LogP contribution >= 0.6 is 0 Å². The number of carbonyl (C=O) groups is 1. The van der Waals surface area contributed by atoms with E-state index in [0.717, 1.165) is 12.8 Å². The summed E-state index contributed by atoms with van der Waals surface area (Å²) in [7, 11) is 0. The van der Waals surface area contributed by atoms with Crippen molar-refractivity contribution < 1.29 is 59.6 Å². The molecule has 5 nitrogen and oxygen atoms in total. The fourth-order valence-electron chi connectivity index (χ4n) is 2.91. The van der Waals surface area contributed by atoms with Gasteiger partial charge in [-0.15, -0.1) is 0 Å². The minimum Gasteiger partial charge on any atom is -0.462 e. The molecule has 2 N–H and O–H groups in total. The summed E-state index contributed by atoms with van der Waals surface area (Å²) in [6.07, 6.45) is -3.46. The Balaban J connectivity index is 4.83. The molecule has 0 atom stereocenters. The van der Waals surface area contributed by atoms with Crippen molar-refractivity contribution in [2.24, 2.45) is 5.92 Å². The molecule has 0 bridgehead atoms. The van der Waals surface area contributed by atoms with Crippen LogP contribution in [0.1, 0.15) is 58.3 Å². The number of aliphatic hydroxyl groups is 2. The first-order chi connectivity index (χ1) is 16.1. The average Bonchev–Trinajstić information content (AvgIpc) is 2.78. The van der Waals surface area contributed by atoms with Crippen LogP contribution in [0.3, 0.4) is 0 Å². The summed E-state index contributed by atoms with van der Waals surface area (Å²) in [6, 6.07) is 0. The van der Waals surface area contributed by atoms with Crippen LogP contribution in [0, 0.1) is 5.92 Å². The summed E-state index contributed by atoms with van der Waals surface area (Å²) in [5, 5.41) is 17.9. The van der Waals surface area contributed by atoms with Gasteiger partial charge in [0.15, 0.2) is 0 Å². The molecule has 13 heteroatoms. The molecular formula is C22H34F8O5. The molecule has 0 spiro atoms. The topological polar surface area (TPSA) is 76.0 Å². The molecule has 0 aromatic heterocycles. The molecule has 0 rings (SSSR count). The Morgan fingerprint density at radius 3 is 1.71 bits per heavy atom. The lowest BCUT2D eigenvalue weighted by Crippen LogP contribution is -2.62. The number of unbranched alkanes of at least 4 members (excludes halogenated alkanes) is 2. The third kappa shape index (κ3) is 9.83. The van der Waals surface area contributed by atoms with Crippen LogP contribution in [0.5, 0.6) is 0 Å². The molecule has 0 heterocycles. The normalized spacial score (nSPS) is 13.4. The van der Waals surface area contributed by atoms with E-state index < -0.39 is 87.7 Å². The lowest BCUT2D eigenvalue weighted by Gasteiger charge is -2.37. The highest BCUT2D eigenvalue weighted by Gasteiger charge is 2.79. The molecule has 208 valence electrons. The first-order valence-electron chi connectivity index (χ1n) is 11.3. The number of hydrogen-bond acceptors (Lipinski definition) is 5. The summed E-state index contributed by atoms with van der Waals surface area (Å²) < 4.78 is 121. The second-order valence-electron chi connectivity index (χ2n) is 8.26. The number of ether oxygens (including phenoxy) is 2. The molecule has 0 aliphatic carbocycles. The van der Waals surface area contributed by atoms with E-state index in [1.807, 2.05) is 6.92 Å². The standard InChI is InChI=1S/C22H34F8O5/c1-3-4-5-10-34-11-6-8-19(23,24)21(27,28)22(29,30)20(25,26)9-7-12-35-18(33)16(2)13-17(14-31)15-32/h17,31-32H,2-15H2,1H3. The quantitative estimate of drug-likeness (QED) is 0.0957. The van der Waals surface area contributed by atoms with Crippen LogP contribution in [0.2, 0.25) is 0 Å². The molecule has 0 amide bonds. The fourth-order valence-corrected chi connectivity index (χ4v) is 2.91. The van der Waals surface area contributed by atoms with Gasteiger partial charge < -0.3 is 19.7 Å². The van der Waals surface area contributed by atoms with Gasteiger partial charge in [0.1, 0.15) is 0 Å². The highest BCUT2D eigenvalue weighted by Crippen LogP contribution is 2.55. The monoisotopic (exact) mass is 530 g/mol. The average molecular weight is 530 g/mol. The highest BCUT2D eigenvalue weighted by molar-refractivity contribution is 5.87. The molecule has 0 aromatic carbocycles. The van der Waals surface area contributed by atoms with Crippen molar-refractivity contribution >= 4 is 5.97 Å². The first kappa shape index (κ1) is 33.5. The van der Waals surface area contributed by atoms with Gasteiger partial charge >= 0.3 is 29.7 Å². The smallest absolute Gasteiger partial charge is 0.378 e. The van der Waals surface area contributed by atoms with E-state index in [1.54, 1.807) is 0 Å². The van der Waals surface area contributed by atoms with E-state index in [9.17, 15) is 39.9 Å². The third-order valence-corrected chi connectivity index (χ3v) is 5.19. The van der Waals surface area contributed by atoms with Gasteiger partial charge in [-0.2, -0.15) is 35.1 Å². The minimum atomic E-state index is -6.38. The number of halogens is 8. The third-order valence-electron chi connectivity index (χ3n) is 5.19. The molecule has 0 radical (unpaired) electrons. The van der Waals surface area contributed by atoms with Gasteiger partial charge in [0.25, 0.3) is 0 Å². The maximum Gasteiger partial charge on any atom is 0.378 e. The summed E-state index contributed by atoms with van der Waals surface area (Å²) in [5.41, 5.74) is -0.254. The van der Waals surface area contributed by atoms with Crippen LogP contribution in [0.4, 0.5) is 35.1 Å². The summed E-state index contributed by atoms with van der Waals surface area (Å²) in [5.74, 6) is -25.6. The van der Waals surface area contributed by atoms with Gasteiger partial charge in [-0.1, -0.05) is 26.3 Å². The van der Waals surface area contributed by atoms with E-state index in [-0.39, 0.29) is 18.6 Å². The summed E-state index contributed by atoms with van der Waals surface area (Å²) in [4.78, 5) is 11.7. The van der Waals surface area contributed by atoms with Crippen molar-refractivity contribution in [2.45, 2.75) is 82.0 Å². The number of esters is 1. The molecule has 0 saturated carbocycles. The molecular weight excluding hydrogens is 496 g/mol. The van der Waals surface area contributed by atoms with Crippen molar-refractivity contribution in [1.82, 2.24) is 0 Å². The fraction of sp³-hybridized carbons (Fsp3) is 0.864. The highest BCUT2D eigenvalue weighted by atomic mass is 19.4. The van der Waals surface area contributed by atoms with Crippen molar-refractivity contribution in [3.05, 3.63) is 12.2 Å². The lowest BCUT2D eigenvalue weighted by molar-refractivity contribution is -0.368. The Morgan fingerprint density at radius 1 is 0.800 bits per heavy atom. The maximum absolute atomic E-state index is 13.9. The largest absolute Gasteiger partial charge is 0.462 e. The van der Waals surface area contributed by atoms with Crippen LogP contribution < -0.4 is 0 Å². The second-order valence-corrected chi connectivity index (χ2v) is 8.26. The van der Waals surface area contributed by atoms with Crippen molar-refractivity contribution in [2.75, 3.05) is 33.0 Å². The Kier molecular flexibility index (Phi) is 14.3. The first-order valence-corrected chi connectivity index (χ1v) is 11.3. The molecule has 0 aromatic rings. The predicted molar refractivity (Wildman–Crippen MR) is 111 cm³/mol. The van der Waals surface area contributed by atoms with Gasteiger partial charge in [0.05, 0.1) is 6.61 Å². The SMILES string of the molecule is C=C(CC(CO)CO)C(=O)OCCCC(F)(F)C(F)(F)C(F)(F)C(F)(F)CCCOCCCCC. The number of carbonyl (C=O) groups excluding carboxylic acids is 1. The molecule has 0 fully saturated rings. The van der Waals surface area contributed by atoms with Gasteiger partial charge in [-0.3, -0.25) is 0 Å². The number of rotatable bonds is 20. The number of alkyl halides is 8. The van der Waals surface area contributed by atoms with Crippen molar-refractivity contribution in [3.63, 3.8) is 0 Å². The van der Waals surface area contributed by atoms with Crippen LogP contribution in [0.15, 0.2) is 12.2 Å². The zero-order valence-electron chi connectivity index (χ0n) is 19.6. The van der Waals surface area contributed by atoms with Gasteiger partial charge in [0, 0.05) is 50.8 Å². The summed E-state index contributed by atoms with van der Waals surface area (Å²) in [6.45, 7) is 3.09. The molecule has 0 saturated heterocycles. The Bertz CT molecular complexity index is 639. The van der Waals surface area contributed by atoms with E-state index in [1.165, 1.54) is 0 Å². The minimum absolute atomic E-state index is 0.172. The molecule has 0 aliphatic heterocycles. The second kappa shape index (κ2) is 14.9.